The first-order valence-corrected chi connectivity index (χ1v) is 9.10. The third-order valence-electron chi connectivity index (χ3n) is 4.13. The summed E-state index contributed by atoms with van der Waals surface area (Å²) in [7, 11) is 0. The van der Waals surface area contributed by atoms with Gasteiger partial charge in [0, 0.05) is 24.8 Å². The fraction of sp³-hybridized carbons (Fsp3) is 0.312. The Balaban J connectivity index is 1.63. The second-order valence-electron chi connectivity index (χ2n) is 5.98. The van der Waals surface area contributed by atoms with Gasteiger partial charge in [-0.25, -0.2) is 9.59 Å². The van der Waals surface area contributed by atoms with Gasteiger partial charge < -0.3 is 14.6 Å². The molecule has 3 rings (SSSR count). The zero-order chi connectivity index (χ0) is 20.4. The Morgan fingerprint density at radius 3 is 2.71 bits per heavy atom. The normalized spacial score (nSPS) is 21.4. The van der Waals surface area contributed by atoms with Crippen molar-refractivity contribution in [1.82, 2.24) is 9.55 Å². The molecule has 0 spiro atoms. The lowest BCUT2D eigenvalue weighted by molar-refractivity contribution is -0.384. The maximum atomic E-state index is 12.1. The number of rotatable bonds is 5. The number of carbonyl (C=O) groups is 1. The first-order valence-electron chi connectivity index (χ1n) is 8.02. The number of halogens is 1. The molecule has 0 bridgehead atoms. The van der Waals surface area contributed by atoms with Crippen molar-refractivity contribution < 1.29 is 24.3 Å². The summed E-state index contributed by atoms with van der Waals surface area (Å²) < 4.78 is 12.1. The van der Waals surface area contributed by atoms with Crippen molar-refractivity contribution in [1.29, 1.82) is 0 Å². The number of aliphatic hydroxyl groups is 1. The molecule has 0 saturated carbocycles. The smallest absolute Gasteiger partial charge is 0.338 e. The molecule has 2 aromatic rings. The van der Waals surface area contributed by atoms with E-state index in [9.17, 15) is 29.6 Å². The van der Waals surface area contributed by atoms with E-state index in [0.29, 0.717) is 0 Å². The summed E-state index contributed by atoms with van der Waals surface area (Å²) in [5.41, 5.74) is -1.24. The molecule has 0 amide bonds. The van der Waals surface area contributed by atoms with Crippen LogP contribution in [0, 0.1) is 13.7 Å². The minimum atomic E-state index is -0.994. The molecule has 11 nitrogen and oxygen atoms in total. The summed E-state index contributed by atoms with van der Waals surface area (Å²) in [6.45, 7) is -0.275. The van der Waals surface area contributed by atoms with Gasteiger partial charge in [-0.1, -0.05) is 0 Å². The predicted molar refractivity (Wildman–Crippen MR) is 102 cm³/mol. The second-order valence-corrected chi connectivity index (χ2v) is 7.14. The highest BCUT2D eigenvalue weighted by molar-refractivity contribution is 14.1. The first-order chi connectivity index (χ1) is 13.3. The van der Waals surface area contributed by atoms with Crippen LogP contribution in [0.25, 0.3) is 0 Å². The number of nitro groups is 1. The fourth-order valence-electron chi connectivity index (χ4n) is 2.67. The van der Waals surface area contributed by atoms with Crippen LogP contribution in [0.3, 0.4) is 0 Å². The number of H-pyrrole nitrogens is 1. The van der Waals surface area contributed by atoms with Crippen LogP contribution < -0.4 is 11.2 Å². The Kier molecular flexibility index (Phi) is 5.90. The fourth-order valence-corrected chi connectivity index (χ4v) is 3.11. The number of aliphatic hydroxyl groups excluding tert-OH is 1. The zero-order valence-corrected chi connectivity index (χ0v) is 16.3. The van der Waals surface area contributed by atoms with Crippen LogP contribution in [0.5, 0.6) is 0 Å². The first kappa shape index (κ1) is 20.2. The van der Waals surface area contributed by atoms with Crippen molar-refractivity contribution in [3.63, 3.8) is 0 Å². The Bertz CT molecular complexity index is 1020. The second kappa shape index (κ2) is 8.20. The molecule has 0 radical (unpaired) electrons. The number of nitrogens with zero attached hydrogens (tertiary/aromatic N) is 2. The van der Waals surface area contributed by atoms with E-state index in [-0.39, 0.29) is 27.8 Å². The number of ether oxygens (including phenoxy) is 2. The van der Waals surface area contributed by atoms with Gasteiger partial charge in [-0.2, -0.15) is 0 Å². The van der Waals surface area contributed by atoms with Crippen LogP contribution in [-0.2, 0) is 9.47 Å². The molecule has 28 heavy (non-hydrogen) atoms. The van der Waals surface area contributed by atoms with E-state index >= 15 is 0 Å². The lowest BCUT2D eigenvalue weighted by atomic mass is 10.2. The number of esters is 1. The molecule has 2 N–H and O–H groups in total. The van der Waals surface area contributed by atoms with Crippen LogP contribution >= 0.6 is 22.6 Å². The molecule has 1 fully saturated rings. The number of benzene rings is 1. The van der Waals surface area contributed by atoms with Gasteiger partial charge in [-0.15, -0.1) is 0 Å². The molecule has 1 saturated heterocycles. The van der Waals surface area contributed by atoms with E-state index < -0.39 is 40.6 Å². The molecule has 1 aliphatic rings. The molecule has 0 unspecified atom stereocenters. The van der Waals surface area contributed by atoms with Crippen molar-refractivity contribution in [3.05, 3.63) is 70.5 Å². The number of carbonyl (C=O) groups excluding carboxylic acids is 1. The summed E-state index contributed by atoms with van der Waals surface area (Å²) in [4.78, 5) is 47.6. The Hall–Kier alpha value is -2.58. The maximum absolute atomic E-state index is 12.1. The summed E-state index contributed by atoms with van der Waals surface area (Å²) in [6.07, 6.45) is -1.29. The molecular formula is C16H14IN3O8. The van der Waals surface area contributed by atoms with Gasteiger partial charge in [0.05, 0.1) is 20.2 Å². The topological polar surface area (TPSA) is 154 Å². The van der Waals surface area contributed by atoms with Crippen molar-refractivity contribution in [3.8, 4) is 0 Å². The highest BCUT2D eigenvalue weighted by Crippen LogP contribution is 2.28. The SMILES string of the molecule is O=C(OC[C@H]1O[C@@H](n2cc(I)c(=O)[nH]c2=O)C[C@@H]1O)c1ccc([N+](=O)[O-])cc1. The van der Waals surface area contributed by atoms with Crippen LogP contribution in [0.2, 0.25) is 0 Å². The van der Waals surface area contributed by atoms with E-state index in [1.807, 2.05) is 0 Å². The number of hydrogen-bond acceptors (Lipinski definition) is 8. The van der Waals surface area contributed by atoms with Gasteiger partial charge in [0.25, 0.3) is 11.2 Å². The third-order valence-corrected chi connectivity index (χ3v) is 4.90. The van der Waals surface area contributed by atoms with Crippen LogP contribution in [-0.4, -0.2) is 44.4 Å². The molecule has 148 valence electrons. The number of hydrogen-bond donors (Lipinski definition) is 2. The minimum absolute atomic E-state index is 0.0712. The van der Waals surface area contributed by atoms with E-state index in [0.717, 1.165) is 4.57 Å². The largest absolute Gasteiger partial charge is 0.459 e. The van der Waals surface area contributed by atoms with Gasteiger partial charge in [0.15, 0.2) is 0 Å². The number of aromatic amines is 1. The summed E-state index contributed by atoms with van der Waals surface area (Å²) in [5, 5.41) is 20.8. The summed E-state index contributed by atoms with van der Waals surface area (Å²) >= 11 is 1.77. The summed E-state index contributed by atoms with van der Waals surface area (Å²) in [6, 6.07) is 4.88. The van der Waals surface area contributed by atoms with Crippen LogP contribution in [0.4, 0.5) is 5.69 Å². The van der Waals surface area contributed by atoms with Crippen LogP contribution in [0.15, 0.2) is 40.1 Å². The number of nitro benzene ring substituents is 1. The molecule has 0 aliphatic carbocycles. The Morgan fingerprint density at radius 1 is 1.39 bits per heavy atom. The molecule has 3 atom stereocenters. The van der Waals surface area contributed by atoms with Gasteiger partial charge in [0.1, 0.15) is 18.9 Å². The Morgan fingerprint density at radius 2 is 2.07 bits per heavy atom. The lowest BCUT2D eigenvalue weighted by Gasteiger charge is -2.16. The maximum Gasteiger partial charge on any atom is 0.338 e. The van der Waals surface area contributed by atoms with E-state index in [4.69, 9.17) is 9.47 Å². The van der Waals surface area contributed by atoms with E-state index in [1.165, 1.54) is 30.5 Å². The number of nitrogens with one attached hydrogen (secondary N) is 1. The monoisotopic (exact) mass is 503 g/mol. The van der Waals surface area contributed by atoms with Crippen LogP contribution in [0.1, 0.15) is 23.0 Å². The quantitative estimate of drug-likeness (QED) is 0.260. The van der Waals surface area contributed by atoms with Crippen molar-refractivity contribution in [2.75, 3.05) is 6.61 Å². The molecule has 1 aromatic heterocycles. The zero-order valence-electron chi connectivity index (χ0n) is 14.1. The molecule has 2 heterocycles. The lowest BCUT2D eigenvalue weighted by Crippen LogP contribution is -2.33. The van der Waals surface area contributed by atoms with Gasteiger partial charge in [-0.05, 0) is 34.7 Å². The number of non-ortho nitro benzene ring substituents is 1. The van der Waals surface area contributed by atoms with Crippen molar-refractivity contribution >= 4 is 34.2 Å². The number of aromatic nitrogens is 2. The highest BCUT2D eigenvalue weighted by atomic mass is 127. The standard InChI is InChI=1S/C16H14IN3O8/c17-10-6-19(16(24)18-14(10)22)13-5-11(21)12(28-13)7-27-15(23)8-1-3-9(4-2-8)20(25)26/h1-4,6,11-13,21H,5,7H2,(H,18,22,24)/t11-,12+,13+/m0/s1. The highest BCUT2D eigenvalue weighted by Gasteiger charge is 2.36. The molecule has 1 aromatic carbocycles. The van der Waals surface area contributed by atoms with Gasteiger partial charge in [0.2, 0.25) is 0 Å². The molecule has 1 aliphatic heterocycles. The minimum Gasteiger partial charge on any atom is -0.459 e. The van der Waals surface area contributed by atoms with E-state index in [2.05, 4.69) is 4.98 Å². The van der Waals surface area contributed by atoms with Crippen molar-refractivity contribution in [2.24, 2.45) is 0 Å². The van der Waals surface area contributed by atoms with Gasteiger partial charge >= 0.3 is 11.7 Å². The molecule has 12 heteroatoms. The molecular weight excluding hydrogens is 489 g/mol. The Labute approximate surface area is 170 Å². The van der Waals surface area contributed by atoms with Crippen molar-refractivity contribution in [2.45, 2.75) is 24.9 Å². The predicted octanol–water partition coefficient (Wildman–Crippen LogP) is 0.555. The average Bonchev–Trinajstić information content (AvgIpc) is 3.03. The average molecular weight is 503 g/mol. The van der Waals surface area contributed by atoms with E-state index in [1.54, 1.807) is 22.6 Å². The summed E-state index contributed by atoms with van der Waals surface area (Å²) in [5.74, 6) is -0.732. The van der Waals surface area contributed by atoms with Gasteiger partial charge in [-0.3, -0.25) is 24.5 Å². The third kappa shape index (κ3) is 4.28.